The summed E-state index contributed by atoms with van der Waals surface area (Å²) in [6, 6.07) is 10.1. The highest BCUT2D eigenvalue weighted by atomic mass is 16.1. The summed E-state index contributed by atoms with van der Waals surface area (Å²) < 4.78 is 0. The third kappa shape index (κ3) is 4.97. The van der Waals surface area contributed by atoms with Crippen LogP contribution in [0.2, 0.25) is 0 Å². The van der Waals surface area contributed by atoms with E-state index in [2.05, 4.69) is 5.32 Å². The molecule has 3 nitrogen and oxygen atoms in total. The van der Waals surface area contributed by atoms with E-state index in [0.717, 1.165) is 12.0 Å². The van der Waals surface area contributed by atoms with Gasteiger partial charge in [-0.15, -0.1) is 0 Å². The zero-order valence-corrected chi connectivity index (χ0v) is 12.2. The molecule has 3 heteroatoms. The van der Waals surface area contributed by atoms with Gasteiger partial charge in [-0.25, -0.2) is 0 Å². The van der Waals surface area contributed by atoms with Gasteiger partial charge in [-0.2, -0.15) is 0 Å². The zero-order valence-electron chi connectivity index (χ0n) is 12.2. The molecule has 110 valence electrons. The molecule has 0 aromatic heterocycles. The summed E-state index contributed by atoms with van der Waals surface area (Å²) >= 11 is 0. The number of carbonyl (C=O) groups is 1. The summed E-state index contributed by atoms with van der Waals surface area (Å²) in [5.41, 5.74) is 7.25. The van der Waals surface area contributed by atoms with Crippen molar-refractivity contribution in [1.29, 1.82) is 0 Å². The molecule has 20 heavy (non-hydrogen) atoms. The van der Waals surface area contributed by atoms with Gasteiger partial charge in [0.1, 0.15) is 0 Å². The van der Waals surface area contributed by atoms with Crippen molar-refractivity contribution >= 4 is 5.91 Å². The first kappa shape index (κ1) is 15.0. The lowest BCUT2D eigenvalue weighted by Gasteiger charge is -2.21. The van der Waals surface area contributed by atoms with Crippen molar-refractivity contribution in [3.63, 3.8) is 0 Å². The maximum absolute atomic E-state index is 11.9. The lowest BCUT2D eigenvalue weighted by molar-refractivity contribution is -0.122. The monoisotopic (exact) mass is 274 g/mol. The summed E-state index contributed by atoms with van der Waals surface area (Å²) in [5, 5.41) is 3.01. The molecule has 0 heterocycles. The van der Waals surface area contributed by atoms with Gasteiger partial charge in [-0.3, -0.25) is 4.79 Å². The second kappa shape index (κ2) is 8.05. The van der Waals surface area contributed by atoms with Crippen molar-refractivity contribution in [2.75, 3.05) is 6.54 Å². The molecule has 2 rings (SSSR count). The van der Waals surface area contributed by atoms with Gasteiger partial charge in [-0.1, -0.05) is 49.6 Å². The fraction of sp³-hybridized carbons (Fsp3) is 0.588. The molecule has 1 aromatic rings. The minimum atomic E-state index is 0.00572. The smallest absolute Gasteiger partial charge is 0.220 e. The molecule has 1 fully saturated rings. The van der Waals surface area contributed by atoms with Gasteiger partial charge in [0, 0.05) is 19.0 Å². The van der Waals surface area contributed by atoms with E-state index in [1.54, 1.807) is 0 Å². The molecule has 1 amide bonds. The number of carbonyl (C=O) groups excluding carboxylic acids is 1. The number of benzene rings is 1. The van der Waals surface area contributed by atoms with Crippen LogP contribution in [-0.2, 0) is 4.79 Å². The minimum Gasteiger partial charge on any atom is -0.356 e. The Kier molecular flexibility index (Phi) is 6.06. The van der Waals surface area contributed by atoms with Gasteiger partial charge in [0.2, 0.25) is 5.91 Å². The fourth-order valence-electron chi connectivity index (χ4n) is 2.96. The summed E-state index contributed by atoms with van der Waals surface area (Å²) in [6.07, 6.45) is 7.84. The fourth-order valence-corrected chi connectivity index (χ4v) is 2.96. The molecule has 1 aromatic carbocycles. The van der Waals surface area contributed by atoms with Crippen LogP contribution in [0, 0.1) is 5.92 Å². The first-order chi connectivity index (χ1) is 9.75. The van der Waals surface area contributed by atoms with Crippen LogP contribution in [0.3, 0.4) is 0 Å². The Balaban J connectivity index is 1.63. The minimum absolute atomic E-state index is 0.00572. The summed E-state index contributed by atoms with van der Waals surface area (Å²) in [5.74, 6) is 0.795. The third-order valence-corrected chi connectivity index (χ3v) is 4.20. The number of nitrogens with two attached hydrogens (primary N) is 1. The second-order valence-electron chi connectivity index (χ2n) is 5.86. The Morgan fingerprint density at radius 2 is 1.90 bits per heavy atom. The molecule has 0 bridgehead atoms. The third-order valence-electron chi connectivity index (χ3n) is 4.20. The maximum Gasteiger partial charge on any atom is 0.220 e. The maximum atomic E-state index is 11.9. The average Bonchev–Trinajstić information content (AvgIpc) is 2.49. The van der Waals surface area contributed by atoms with Crippen molar-refractivity contribution in [2.45, 2.75) is 51.0 Å². The van der Waals surface area contributed by atoms with Gasteiger partial charge in [0.05, 0.1) is 0 Å². The molecular formula is C17H26N2O. The SMILES string of the molecule is NC(CCNC(=O)CC1CCCCC1)c1ccccc1. The summed E-state index contributed by atoms with van der Waals surface area (Å²) in [6.45, 7) is 0.668. The van der Waals surface area contributed by atoms with Crippen molar-refractivity contribution in [2.24, 2.45) is 11.7 Å². The van der Waals surface area contributed by atoms with Crippen molar-refractivity contribution in [3.8, 4) is 0 Å². The van der Waals surface area contributed by atoms with Gasteiger partial charge in [0.25, 0.3) is 0 Å². The van der Waals surface area contributed by atoms with Gasteiger partial charge >= 0.3 is 0 Å². The number of hydrogen-bond acceptors (Lipinski definition) is 2. The van der Waals surface area contributed by atoms with E-state index in [1.165, 1.54) is 32.1 Å². The highest BCUT2D eigenvalue weighted by Crippen LogP contribution is 2.26. The van der Waals surface area contributed by atoms with Gasteiger partial charge in [0.15, 0.2) is 0 Å². The van der Waals surface area contributed by atoms with E-state index < -0.39 is 0 Å². The Morgan fingerprint density at radius 3 is 2.60 bits per heavy atom. The van der Waals surface area contributed by atoms with E-state index in [9.17, 15) is 4.79 Å². The molecule has 1 aliphatic carbocycles. The first-order valence-corrected chi connectivity index (χ1v) is 7.83. The summed E-state index contributed by atoms with van der Waals surface area (Å²) in [7, 11) is 0. The van der Waals surface area contributed by atoms with Crippen LogP contribution in [0.25, 0.3) is 0 Å². The van der Waals surface area contributed by atoms with Crippen LogP contribution in [0.4, 0.5) is 0 Å². The van der Waals surface area contributed by atoms with Crippen LogP contribution in [0.1, 0.15) is 56.6 Å². The summed E-state index contributed by atoms with van der Waals surface area (Å²) in [4.78, 5) is 11.9. The van der Waals surface area contributed by atoms with Crippen LogP contribution in [0.5, 0.6) is 0 Å². The molecule has 1 saturated carbocycles. The van der Waals surface area contributed by atoms with E-state index in [1.807, 2.05) is 30.3 Å². The zero-order chi connectivity index (χ0) is 14.2. The normalized spacial score (nSPS) is 17.6. The molecular weight excluding hydrogens is 248 g/mol. The lowest BCUT2D eigenvalue weighted by atomic mass is 9.87. The molecule has 1 aliphatic rings. The number of amides is 1. The predicted octanol–water partition coefficient (Wildman–Crippen LogP) is 3.16. The molecule has 0 aliphatic heterocycles. The van der Waals surface area contributed by atoms with Crippen LogP contribution in [0.15, 0.2) is 30.3 Å². The quantitative estimate of drug-likeness (QED) is 0.837. The standard InChI is InChI=1S/C17H26N2O/c18-16(15-9-5-2-6-10-15)11-12-19-17(20)13-14-7-3-1-4-8-14/h2,5-6,9-10,14,16H,1,3-4,7-8,11-13,18H2,(H,19,20). The Bertz CT molecular complexity index is 399. The van der Waals surface area contributed by atoms with Gasteiger partial charge in [-0.05, 0) is 30.7 Å². The van der Waals surface area contributed by atoms with E-state index >= 15 is 0 Å². The van der Waals surface area contributed by atoms with Crippen molar-refractivity contribution in [3.05, 3.63) is 35.9 Å². The van der Waals surface area contributed by atoms with Crippen LogP contribution < -0.4 is 11.1 Å². The second-order valence-corrected chi connectivity index (χ2v) is 5.86. The number of nitrogens with one attached hydrogen (secondary N) is 1. The average molecular weight is 274 g/mol. The molecule has 1 unspecified atom stereocenters. The van der Waals surface area contributed by atoms with Crippen molar-refractivity contribution in [1.82, 2.24) is 5.32 Å². The molecule has 0 saturated heterocycles. The highest BCUT2D eigenvalue weighted by Gasteiger charge is 2.16. The van der Waals surface area contributed by atoms with E-state index in [-0.39, 0.29) is 11.9 Å². The van der Waals surface area contributed by atoms with Crippen LogP contribution in [-0.4, -0.2) is 12.5 Å². The van der Waals surface area contributed by atoms with E-state index in [0.29, 0.717) is 18.9 Å². The number of rotatable bonds is 6. The topological polar surface area (TPSA) is 55.1 Å². The predicted molar refractivity (Wildman–Crippen MR) is 82.2 cm³/mol. The highest BCUT2D eigenvalue weighted by molar-refractivity contribution is 5.76. The molecule has 3 N–H and O–H groups in total. The van der Waals surface area contributed by atoms with E-state index in [4.69, 9.17) is 5.73 Å². The first-order valence-electron chi connectivity index (χ1n) is 7.83. The Morgan fingerprint density at radius 1 is 1.20 bits per heavy atom. The largest absolute Gasteiger partial charge is 0.356 e. The lowest BCUT2D eigenvalue weighted by Crippen LogP contribution is -2.29. The Hall–Kier alpha value is -1.35. The number of hydrogen-bond donors (Lipinski definition) is 2. The molecule has 1 atom stereocenters. The van der Waals surface area contributed by atoms with Gasteiger partial charge < -0.3 is 11.1 Å². The van der Waals surface area contributed by atoms with Crippen LogP contribution >= 0.6 is 0 Å². The Labute approximate surface area is 121 Å². The van der Waals surface area contributed by atoms with Crippen molar-refractivity contribution < 1.29 is 4.79 Å². The molecule has 0 spiro atoms. The molecule has 0 radical (unpaired) electrons.